The molecule has 1 N–H and O–H groups in total. The van der Waals surface area contributed by atoms with Gasteiger partial charge in [-0.25, -0.2) is 0 Å². The Morgan fingerprint density at radius 2 is 1.67 bits per heavy atom. The minimum atomic E-state index is -0.113. The van der Waals surface area contributed by atoms with E-state index in [0.29, 0.717) is 28.9 Å². The van der Waals surface area contributed by atoms with Gasteiger partial charge in [0.05, 0.1) is 34.5 Å². The molecule has 1 atom stereocenters. The topological polar surface area (TPSA) is 52.2 Å². The lowest BCUT2D eigenvalue weighted by molar-refractivity contribution is 0.322. The number of nitrogens with one attached hydrogen (secondary N) is 1. The van der Waals surface area contributed by atoms with Crippen LogP contribution < -0.4 is 24.3 Å². The Morgan fingerprint density at radius 1 is 1.03 bits per heavy atom. The number of thiocarbonyl (C=S) groups is 1. The van der Waals surface area contributed by atoms with Crippen LogP contribution in [0, 0.1) is 0 Å². The second-order valence-corrected chi connectivity index (χ2v) is 7.23. The highest BCUT2D eigenvalue weighted by atomic mass is 32.1. The fourth-order valence-corrected chi connectivity index (χ4v) is 4.09. The van der Waals surface area contributed by atoms with Gasteiger partial charge in [-0.05, 0) is 59.6 Å². The van der Waals surface area contributed by atoms with Crippen molar-refractivity contribution in [2.24, 2.45) is 0 Å². The number of rotatable bonds is 7. The van der Waals surface area contributed by atoms with Crippen LogP contribution in [-0.2, 0) is 6.42 Å². The molecule has 0 fully saturated rings. The lowest BCUT2D eigenvalue weighted by Gasteiger charge is -2.40. The first kappa shape index (κ1) is 21.8. The van der Waals surface area contributed by atoms with Crippen LogP contribution in [-0.4, -0.2) is 51.5 Å². The molecule has 160 valence electrons. The molecule has 0 spiro atoms. The van der Waals surface area contributed by atoms with Crippen molar-refractivity contribution in [2.75, 3.05) is 41.5 Å². The fraction of sp³-hybridized carbons (Fsp3) is 0.348. The van der Waals surface area contributed by atoms with E-state index < -0.39 is 0 Å². The first-order valence-corrected chi connectivity index (χ1v) is 10.1. The lowest BCUT2D eigenvalue weighted by Crippen LogP contribution is -2.46. The Kier molecular flexibility index (Phi) is 7.05. The van der Waals surface area contributed by atoms with Crippen LogP contribution in [0.1, 0.15) is 22.7 Å². The first-order chi connectivity index (χ1) is 14.6. The summed E-state index contributed by atoms with van der Waals surface area (Å²) in [5.41, 5.74) is 3.37. The zero-order valence-electron chi connectivity index (χ0n) is 17.9. The average molecular weight is 429 g/mol. The van der Waals surface area contributed by atoms with Crippen LogP contribution >= 0.6 is 12.2 Å². The number of hydrogen-bond donors (Lipinski definition) is 1. The zero-order chi connectivity index (χ0) is 21.7. The second-order valence-electron chi connectivity index (χ2n) is 6.84. The van der Waals surface area contributed by atoms with E-state index in [2.05, 4.69) is 22.9 Å². The maximum Gasteiger partial charge on any atom is 0.169 e. The molecule has 1 aliphatic rings. The van der Waals surface area contributed by atoms with Crippen molar-refractivity contribution in [1.29, 1.82) is 0 Å². The second kappa shape index (κ2) is 9.71. The Hall–Kier alpha value is -2.93. The highest BCUT2D eigenvalue weighted by Crippen LogP contribution is 2.42. The highest BCUT2D eigenvalue weighted by molar-refractivity contribution is 7.80. The van der Waals surface area contributed by atoms with Gasteiger partial charge in [0.2, 0.25) is 0 Å². The summed E-state index contributed by atoms with van der Waals surface area (Å²) in [6.45, 7) is 5.15. The number of benzene rings is 2. The fourth-order valence-electron chi connectivity index (χ4n) is 3.81. The summed E-state index contributed by atoms with van der Waals surface area (Å²) in [6.07, 6.45) is 2.64. The third kappa shape index (κ3) is 4.16. The smallest absolute Gasteiger partial charge is 0.169 e. The third-order valence-electron chi connectivity index (χ3n) is 5.26. The molecule has 0 aromatic heterocycles. The average Bonchev–Trinajstić information content (AvgIpc) is 2.80. The van der Waals surface area contributed by atoms with Crippen molar-refractivity contribution in [3.63, 3.8) is 0 Å². The SMILES string of the molecule is C=CCNC(=S)N1CCc2cc(OC)c(OC)cc2C1c1ccc(OC)c(OC)c1. The van der Waals surface area contributed by atoms with Gasteiger partial charge in [-0.2, -0.15) is 0 Å². The molecule has 1 unspecified atom stereocenters. The van der Waals surface area contributed by atoms with Crippen molar-refractivity contribution in [3.05, 3.63) is 59.7 Å². The van der Waals surface area contributed by atoms with E-state index in [-0.39, 0.29) is 6.04 Å². The molecule has 0 amide bonds. The minimum absolute atomic E-state index is 0.113. The summed E-state index contributed by atoms with van der Waals surface area (Å²) >= 11 is 5.72. The van der Waals surface area contributed by atoms with Gasteiger partial charge >= 0.3 is 0 Å². The number of fused-ring (bicyclic) bond motifs is 1. The van der Waals surface area contributed by atoms with Crippen LogP contribution in [0.15, 0.2) is 43.0 Å². The molecule has 7 heteroatoms. The summed E-state index contributed by atoms with van der Waals surface area (Å²) in [4.78, 5) is 2.19. The summed E-state index contributed by atoms with van der Waals surface area (Å²) in [7, 11) is 6.57. The third-order valence-corrected chi connectivity index (χ3v) is 5.63. The van der Waals surface area contributed by atoms with Crippen LogP contribution in [0.4, 0.5) is 0 Å². The predicted molar refractivity (Wildman–Crippen MR) is 122 cm³/mol. The molecule has 0 radical (unpaired) electrons. The molecule has 0 saturated heterocycles. The van der Waals surface area contributed by atoms with Crippen molar-refractivity contribution in [1.82, 2.24) is 10.2 Å². The summed E-state index contributed by atoms with van der Waals surface area (Å²) < 4.78 is 22.1. The molecule has 2 aromatic rings. The molecule has 6 nitrogen and oxygen atoms in total. The van der Waals surface area contributed by atoms with Crippen molar-refractivity contribution < 1.29 is 18.9 Å². The summed E-state index contributed by atoms with van der Waals surface area (Å²) in [5.74, 6) is 2.77. The Labute approximate surface area is 183 Å². The van der Waals surface area contributed by atoms with E-state index in [9.17, 15) is 0 Å². The minimum Gasteiger partial charge on any atom is -0.493 e. The standard InChI is InChI=1S/C23H28N2O4S/c1-6-10-24-23(30)25-11-9-15-12-20(28-4)21(29-5)14-17(15)22(25)16-7-8-18(26-2)19(13-16)27-3/h6-8,12-14,22H,1,9-11H2,2-5H3,(H,24,30). The molecular formula is C23H28N2O4S. The van der Waals surface area contributed by atoms with E-state index in [1.54, 1.807) is 34.5 Å². The monoisotopic (exact) mass is 428 g/mol. The lowest BCUT2D eigenvalue weighted by atomic mass is 9.87. The quantitative estimate of drug-likeness (QED) is 0.533. The number of methoxy groups -OCH3 is 4. The molecule has 0 aliphatic carbocycles. The van der Waals surface area contributed by atoms with Crippen LogP contribution in [0.25, 0.3) is 0 Å². The number of ether oxygens (including phenoxy) is 4. The van der Waals surface area contributed by atoms with Gasteiger partial charge in [0.15, 0.2) is 28.1 Å². The van der Waals surface area contributed by atoms with E-state index in [1.807, 2.05) is 24.3 Å². The molecule has 30 heavy (non-hydrogen) atoms. The van der Waals surface area contributed by atoms with E-state index in [4.69, 9.17) is 31.2 Å². The van der Waals surface area contributed by atoms with Crippen molar-refractivity contribution >= 4 is 17.3 Å². The van der Waals surface area contributed by atoms with Gasteiger partial charge in [-0.3, -0.25) is 0 Å². The molecular weight excluding hydrogens is 400 g/mol. The van der Waals surface area contributed by atoms with Crippen LogP contribution in [0.2, 0.25) is 0 Å². The van der Waals surface area contributed by atoms with Gasteiger partial charge in [-0.1, -0.05) is 12.1 Å². The molecule has 3 rings (SSSR count). The summed E-state index contributed by atoms with van der Waals surface area (Å²) in [5, 5.41) is 3.94. The van der Waals surface area contributed by atoms with Crippen molar-refractivity contribution in [3.8, 4) is 23.0 Å². The normalized spacial score (nSPS) is 15.1. The van der Waals surface area contributed by atoms with Crippen molar-refractivity contribution in [2.45, 2.75) is 12.5 Å². The largest absolute Gasteiger partial charge is 0.493 e. The molecule has 0 saturated carbocycles. The van der Waals surface area contributed by atoms with Gasteiger partial charge < -0.3 is 29.2 Å². The molecule has 2 aromatic carbocycles. The molecule has 1 heterocycles. The highest BCUT2D eigenvalue weighted by Gasteiger charge is 2.32. The van der Waals surface area contributed by atoms with E-state index >= 15 is 0 Å². The van der Waals surface area contributed by atoms with Gasteiger partial charge in [0.25, 0.3) is 0 Å². The number of hydrogen-bond acceptors (Lipinski definition) is 5. The van der Waals surface area contributed by atoms with Crippen LogP contribution in [0.3, 0.4) is 0 Å². The van der Waals surface area contributed by atoms with E-state index in [1.165, 1.54) is 5.56 Å². The Balaban J connectivity index is 2.15. The zero-order valence-corrected chi connectivity index (χ0v) is 18.7. The maximum atomic E-state index is 5.72. The molecule has 0 bridgehead atoms. The van der Waals surface area contributed by atoms with E-state index in [0.717, 1.165) is 29.8 Å². The molecule has 1 aliphatic heterocycles. The van der Waals surface area contributed by atoms with Crippen LogP contribution in [0.5, 0.6) is 23.0 Å². The van der Waals surface area contributed by atoms with Gasteiger partial charge in [0.1, 0.15) is 0 Å². The Morgan fingerprint density at radius 3 is 2.30 bits per heavy atom. The predicted octanol–water partition coefficient (Wildman–Crippen LogP) is 3.73. The van der Waals surface area contributed by atoms with Gasteiger partial charge in [0, 0.05) is 13.1 Å². The Bertz CT molecular complexity index is 932. The summed E-state index contributed by atoms with van der Waals surface area (Å²) in [6, 6.07) is 9.94. The first-order valence-electron chi connectivity index (χ1n) is 9.70. The van der Waals surface area contributed by atoms with Gasteiger partial charge in [-0.15, -0.1) is 6.58 Å². The maximum absolute atomic E-state index is 5.72. The number of nitrogens with zero attached hydrogens (tertiary/aromatic N) is 1.